The van der Waals surface area contributed by atoms with E-state index in [4.69, 9.17) is 4.98 Å². The fraction of sp³-hybridized carbons (Fsp3) is 0.379. The van der Waals surface area contributed by atoms with Crippen LogP contribution in [0.5, 0.6) is 0 Å². The van der Waals surface area contributed by atoms with Gasteiger partial charge in [-0.3, -0.25) is 19.8 Å². The molecule has 1 aliphatic rings. The van der Waals surface area contributed by atoms with Crippen molar-refractivity contribution in [1.29, 1.82) is 0 Å². The third-order valence-electron chi connectivity index (χ3n) is 7.58. The molecule has 11 nitrogen and oxygen atoms in total. The van der Waals surface area contributed by atoms with E-state index in [1.54, 1.807) is 6.20 Å². The monoisotopic (exact) mass is 595 g/mol. The molecule has 2 atom stereocenters. The quantitative estimate of drug-likeness (QED) is 0.144. The van der Waals surface area contributed by atoms with Gasteiger partial charge in [-0.15, -0.1) is 0 Å². The van der Waals surface area contributed by atoms with Crippen LogP contribution < -0.4 is 21.3 Å². The lowest BCUT2D eigenvalue weighted by molar-refractivity contribution is -0.137. The van der Waals surface area contributed by atoms with E-state index in [1.165, 1.54) is 12.1 Å². The van der Waals surface area contributed by atoms with Crippen LogP contribution in [-0.2, 0) is 12.7 Å². The Hall–Kier alpha value is -4.59. The molecule has 0 bridgehead atoms. The maximum atomic E-state index is 13.3. The molecule has 5 rings (SSSR count). The molecule has 0 spiro atoms. The number of hydrogen-bond acceptors (Lipinski definition) is 10. The van der Waals surface area contributed by atoms with E-state index in [-0.39, 0.29) is 42.8 Å². The van der Waals surface area contributed by atoms with Gasteiger partial charge in [0.05, 0.1) is 17.9 Å². The van der Waals surface area contributed by atoms with Crippen LogP contribution in [-0.4, -0.2) is 44.5 Å². The maximum absolute atomic E-state index is 13.3. The Morgan fingerprint density at radius 3 is 2.51 bits per heavy atom. The molecule has 0 amide bonds. The van der Waals surface area contributed by atoms with Gasteiger partial charge in [0.15, 0.2) is 11.6 Å². The first-order valence-electron chi connectivity index (χ1n) is 13.9. The van der Waals surface area contributed by atoms with Crippen LogP contribution in [0, 0.1) is 5.92 Å². The molecule has 1 aliphatic carbocycles. The van der Waals surface area contributed by atoms with Gasteiger partial charge < -0.3 is 10.2 Å². The van der Waals surface area contributed by atoms with Gasteiger partial charge >= 0.3 is 11.9 Å². The molecular weight excluding hydrogens is 563 g/mol. The van der Waals surface area contributed by atoms with Crippen molar-refractivity contribution in [2.45, 2.75) is 57.9 Å². The summed E-state index contributed by atoms with van der Waals surface area (Å²) in [5, 5.41) is 10.7. The zero-order valence-electron chi connectivity index (χ0n) is 23.7. The summed E-state index contributed by atoms with van der Waals surface area (Å²) < 4.78 is 44.5. The average Bonchev–Trinajstić information content (AvgIpc) is 3.40. The second-order valence-corrected chi connectivity index (χ2v) is 10.5. The Labute approximate surface area is 245 Å². The molecule has 14 heteroatoms. The largest absolute Gasteiger partial charge is 0.439 e. The number of H-pyrrole nitrogens is 1. The highest BCUT2D eigenvalue weighted by Gasteiger charge is 2.31. The molecule has 1 aromatic carbocycles. The van der Waals surface area contributed by atoms with Gasteiger partial charge in [0, 0.05) is 24.8 Å². The molecule has 43 heavy (non-hydrogen) atoms. The number of rotatable bonds is 12. The minimum Gasteiger partial charge on any atom is -0.365 e. The number of benzene rings is 1. The van der Waals surface area contributed by atoms with Crippen LogP contribution in [0.1, 0.15) is 56.0 Å². The average molecular weight is 596 g/mol. The smallest absolute Gasteiger partial charge is 0.365 e. The highest BCUT2D eigenvalue weighted by atomic mass is 19.4. The molecule has 1 fully saturated rings. The number of aromatic amines is 1. The first-order chi connectivity index (χ1) is 20.6. The summed E-state index contributed by atoms with van der Waals surface area (Å²) in [5.74, 6) is 0.376. The zero-order chi connectivity index (χ0) is 30.6. The van der Waals surface area contributed by atoms with Crippen molar-refractivity contribution in [3.05, 3.63) is 76.0 Å². The van der Waals surface area contributed by atoms with E-state index in [9.17, 15) is 18.0 Å². The molecule has 4 aromatic rings. The van der Waals surface area contributed by atoms with Crippen molar-refractivity contribution in [2.24, 2.45) is 10.9 Å². The number of aliphatic imine (C=N–C) groups is 1. The van der Waals surface area contributed by atoms with Gasteiger partial charge in [0.1, 0.15) is 5.69 Å². The van der Waals surface area contributed by atoms with Crippen LogP contribution in [0.2, 0.25) is 0 Å². The predicted molar refractivity (Wildman–Crippen MR) is 156 cm³/mol. The molecule has 0 aliphatic heterocycles. The van der Waals surface area contributed by atoms with E-state index >= 15 is 0 Å². The Bertz CT molecular complexity index is 1590. The summed E-state index contributed by atoms with van der Waals surface area (Å²) in [7, 11) is 0. The Kier molecular flexibility index (Phi) is 8.85. The minimum absolute atomic E-state index is 0.0250. The SMILES string of the molecule is C=Nc1nc(-c2noc(=O)[nH]2)nc(N[C@H](C)C2CCC2)c1N(CNC(C)c1ccccn1)Cc1ccc(C(F)(F)F)cc1. The first-order valence-corrected chi connectivity index (χ1v) is 13.9. The van der Waals surface area contributed by atoms with Gasteiger partial charge in [-0.1, -0.05) is 29.8 Å². The molecular formula is C29H32F3N9O2. The molecule has 0 saturated heterocycles. The van der Waals surface area contributed by atoms with Gasteiger partial charge in [0.25, 0.3) is 0 Å². The lowest BCUT2D eigenvalue weighted by Crippen LogP contribution is -2.37. The lowest BCUT2D eigenvalue weighted by atomic mass is 9.80. The van der Waals surface area contributed by atoms with Crippen molar-refractivity contribution in [3.63, 3.8) is 0 Å². The van der Waals surface area contributed by atoms with Crippen LogP contribution in [0.4, 0.5) is 30.5 Å². The molecule has 3 aromatic heterocycles. The minimum atomic E-state index is -4.45. The van der Waals surface area contributed by atoms with Crippen molar-refractivity contribution >= 4 is 24.0 Å². The summed E-state index contributed by atoms with van der Waals surface area (Å²) >= 11 is 0. The molecule has 226 valence electrons. The number of halogens is 3. The number of pyridine rings is 1. The van der Waals surface area contributed by atoms with E-state index in [0.717, 1.165) is 37.1 Å². The normalized spacial score (nSPS) is 15.0. The van der Waals surface area contributed by atoms with Crippen molar-refractivity contribution < 1.29 is 17.7 Å². The fourth-order valence-corrected chi connectivity index (χ4v) is 4.87. The van der Waals surface area contributed by atoms with Crippen LogP contribution in [0.25, 0.3) is 11.6 Å². The van der Waals surface area contributed by atoms with Gasteiger partial charge in [0.2, 0.25) is 11.6 Å². The number of aromatic nitrogens is 5. The number of hydrogen-bond donors (Lipinski definition) is 3. The highest BCUT2D eigenvalue weighted by Crippen LogP contribution is 2.39. The number of nitrogens with zero attached hydrogens (tertiary/aromatic N) is 6. The fourth-order valence-electron chi connectivity index (χ4n) is 4.87. The lowest BCUT2D eigenvalue weighted by Gasteiger charge is -2.34. The zero-order valence-corrected chi connectivity index (χ0v) is 23.7. The number of nitrogens with one attached hydrogen (secondary N) is 3. The third kappa shape index (κ3) is 7.08. The maximum Gasteiger partial charge on any atom is 0.439 e. The first kappa shape index (κ1) is 29.9. The Morgan fingerprint density at radius 2 is 1.93 bits per heavy atom. The molecule has 3 heterocycles. The summed E-state index contributed by atoms with van der Waals surface area (Å²) in [6.45, 7) is 8.17. The van der Waals surface area contributed by atoms with E-state index < -0.39 is 17.5 Å². The Morgan fingerprint density at radius 1 is 1.16 bits per heavy atom. The van der Waals surface area contributed by atoms with Gasteiger partial charge in [-0.05, 0) is 69.2 Å². The van der Waals surface area contributed by atoms with Crippen LogP contribution >= 0.6 is 0 Å². The predicted octanol–water partition coefficient (Wildman–Crippen LogP) is 5.48. The molecule has 0 radical (unpaired) electrons. The van der Waals surface area contributed by atoms with Crippen molar-refractivity contribution in [2.75, 3.05) is 16.9 Å². The van der Waals surface area contributed by atoms with Crippen molar-refractivity contribution in [3.8, 4) is 11.6 Å². The number of alkyl halides is 3. The van der Waals surface area contributed by atoms with Crippen molar-refractivity contribution in [1.82, 2.24) is 30.4 Å². The van der Waals surface area contributed by atoms with E-state index in [2.05, 4.69) is 53.9 Å². The standard InChI is InChI=1S/C29H32F3N9O2/c1-17(20-7-6-8-20)36-25-23(24(33-3)37-26(38-25)27-39-28(42)43-40-27)41(16-35-18(2)22-9-4-5-14-34-22)15-19-10-12-21(13-11-19)29(30,31)32/h4-5,9-14,17-18,20,35H,3,6-8,15-16H2,1-2H3,(H,36,37,38)(H,39,40,42)/t17-,18?/m1/s1. The van der Waals surface area contributed by atoms with Gasteiger partial charge in [-0.2, -0.15) is 13.2 Å². The van der Waals surface area contributed by atoms with Gasteiger partial charge in [-0.25, -0.2) is 19.8 Å². The summed E-state index contributed by atoms with van der Waals surface area (Å²) in [5.41, 5.74) is 1.19. The van der Waals surface area contributed by atoms with Crippen LogP contribution in [0.3, 0.4) is 0 Å². The second kappa shape index (κ2) is 12.7. The molecule has 1 saturated carbocycles. The summed E-state index contributed by atoms with van der Waals surface area (Å²) in [6.07, 6.45) is 0.551. The summed E-state index contributed by atoms with van der Waals surface area (Å²) in [4.78, 5) is 33.8. The third-order valence-corrected chi connectivity index (χ3v) is 7.58. The van der Waals surface area contributed by atoms with Crippen LogP contribution in [0.15, 0.2) is 63.0 Å². The highest BCUT2D eigenvalue weighted by molar-refractivity contribution is 5.79. The molecule has 1 unspecified atom stereocenters. The topological polar surface area (TPSA) is 137 Å². The summed E-state index contributed by atoms with van der Waals surface area (Å²) in [6, 6.07) is 10.5. The number of anilines is 2. The second-order valence-electron chi connectivity index (χ2n) is 10.5. The van der Waals surface area contributed by atoms with E-state index in [1.807, 2.05) is 30.0 Å². The van der Waals surface area contributed by atoms with E-state index in [0.29, 0.717) is 23.0 Å². The molecule has 3 N–H and O–H groups in total. The Balaban J connectivity index is 1.56.